The molecule has 1 aromatic heterocycles. The van der Waals surface area contributed by atoms with Crippen molar-refractivity contribution in [2.75, 3.05) is 13.1 Å². The molecule has 0 fully saturated rings. The van der Waals surface area contributed by atoms with Gasteiger partial charge >= 0.3 is 0 Å². The third-order valence-electron chi connectivity index (χ3n) is 5.97. The second kappa shape index (κ2) is 11.9. The fourth-order valence-electron chi connectivity index (χ4n) is 3.90. The van der Waals surface area contributed by atoms with E-state index in [2.05, 4.69) is 102 Å². The SMILES string of the molecule is C=C(NCCN/C(=C/C(=C)c1ccccc1C)n1ncc(Br)c1C)c1ccc(C)c(CCC)c1. The molecule has 0 aliphatic heterocycles. The van der Waals surface area contributed by atoms with Gasteiger partial charge in [-0.15, -0.1) is 0 Å². The molecule has 0 unspecified atom stereocenters. The summed E-state index contributed by atoms with van der Waals surface area (Å²) >= 11 is 3.57. The molecular formula is C29H35BrN4. The van der Waals surface area contributed by atoms with Crippen molar-refractivity contribution < 1.29 is 0 Å². The van der Waals surface area contributed by atoms with Gasteiger partial charge in [-0.25, -0.2) is 4.68 Å². The van der Waals surface area contributed by atoms with Gasteiger partial charge in [0.15, 0.2) is 0 Å². The zero-order chi connectivity index (χ0) is 24.7. The highest BCUT2D eigenvalue weighted by atomic mass is 79.9. The molecule has 0 aliphatic carbocycles. The summed E-state index contributed by atoms with van der Waals surface area (Å²) < 4.78 is 2.87. The highest BCUT2D eigenvalue weighted by Gasteiger charge is 2.10. The number of aryl methyl sites for hydroxylation is 3. The number of benzene rings is 2. The molecule has 0 aliphatic rings. The van der Waals surface area contributed by atoms with Crippen molar-refractivity contribution in [2.45, 2.75) is 40.5 Å². The van der Waals surface area contributed by atoms with Gasteiger partial charge in [0.2, 0.25) is 0 Å². The standard InChI is InChI=1S/C29H35BrN4/c1-7-10-25-18-26(14-13-20(25)2)23(5)31-15-16-32-29(34-24(6)28(30)19-33-34)17-22(4)27-12-9-8-11-21(27)3/h8-9,11-14,17-19,31-32H,4-5,7,10,15-16H2,1-3,6H3/b29-17-. The van der Waals surface area contributed by atoms with Crippen molar-refractivity contribution in [1.82, 2.24) is 20.4 Å². The Balaban J connectivity index is 1.70. The van der Waals surface area contributed by atoms with Crippen LogP contribution >= 0.6 is 15.9 Å². The molecule has 0 atom stereocenters. The Hall–Kier alpha value is -3.05. The van der Waals surface area contributed by atoms with Gasteiger partial charge in [-0.2, -0.15) is 5.10 Å². The van der Waals surface area contributed by atoms with Crippen molar-refractivity contribution in [2.24, 2.45) is 0 Å². The zero-order valence-electron chi connectivity index (χ0n) is 20.7. The van der Waals surface area contributed by atoms with E-state index >= 15 is 0 Å². The Morgan fingerprint density at radius 1 is 1.03 bits per heavy atom. The van der Waals surface area contributed by atoms with E-state index in [1.54, 1.807) is 0 Å². The van der Waals surface area contributed by atoms with Gasteiger partial charge < -0.3 is 10.6 Å². The second-order valence-electron chi connectivity index (χ2n) is 8.58. The van der Waals surface area contributed by atoms with E-state index in [0.717, 1.165) is 57.8 Å². The molecule has 0 bridgehead atoms. The lowest BCUT2D eigenvalue weighted by atomic mass is 10.00. The maximum Gasteiger partial charge on any atom is 0.128 e. The predicted octanol–water partition coefficient (Wildman–Crippen LogP) is 6.89. The van der Waals surface area contributed by atoms with Gasteiger partial charge in [-0.1, -0.05) is 62.9 Å². The van der Waals surface area contributed by atoms with E-state index in [-0.39, 0.29) is 0 Å². The van der Waals surface area contributed by atoms with E-state index in [0.29, 0.717) is 6.54 Å². The first-order chi connectivity index (χ1) is 16.3. The normalized spacial score (nSPS) is 11.4. The van der Waals surface area contributed by atoms with Gasteiger partial charge in [0.25, 0.3) is 0 Å². The molecule has 2 aromatic carbocycles. The van der Waals surface area contributed by atoms with Crippen LogP contribution < -0.4 is 10.6 Å². The summed E-state index contributed by atoms with van der Waals surface area (Å²) in [7, 11) is 0. The number of halogens is 1. The number of aromatic nitrogens is 2. The summed E-state index contributed by atoms with van der Waals surface area (Å²) in [5.41, 5.74) is 9.09. The number of allylic oxidation sites excluding steroid dienone is 2. The Morgan fingerprint density at radius 2 is 1.76 bits per heavy atom. The van der Waals surface area contributed by atoms with Crippen LogP contribution in [0.3, 0.4) is 0 Å². The highest BCUT2D eigenvalue weighted by Crippen LogP contribution is 2.23. The van der Waals surface area contributed by atoms with E-state index < -0.39 is 0 Å². The fraction of sp³-hybridized carbons (Fsp3) is 0.276. The van der Waals surface area contributed by atoms with Crippen LogP contribution in [0.2, 0.25) is 0 Å². The fourth-order valence-corrected chi connectivity index (χ4v) is 4.16. The molecule has 1 heterocycles. The quantitative estimate of drug-likeness (QED) is 0.214. The molecule has 178 valence electrons. The van der Waals surface area contributed by atoms with Gasteiger partial charge in [0, 0.05) is 18.8 Å². The van der Waals surface area contributed by atoms with Crippen molar-refractivity contribution in [3.8, 4) is 0 Å². The topological polar surface area (TPSA) is 41.9 Å². The first-order valence-corrected chi connectivity index (χ1v) is 12.5. The van der Waals surface area contributed by atoms with Crippen LogP contribution in [-0.2, 0) is 6.42 Å². The monoisotopic (exact) mass is 518 g/mol. The van der Waals surface area contributed by atoms with E-state index in [1.807, 2.05) is 29.9 Å². The molecule has 5 heteroatoms. The average Bonchev–Trinajstić information content (AvgIpc) is 3.15. The Labute approximate surface area is 212 Å². The van der Waals surface area contributed by atoms with Gasteiger partial charge in [-0.3, -0.25) is 0 Å². The van der Waals surface area contributed by atoms with Crippen molar-refractivity contribution in [1.29, 1.82) is 0 Å². The summed E-state index contributed by atoms with van der Waals surface area (Å²) in [4.78, 5) is 0. The molecule has 0 saturated heterocycles. The summed E-state index contributed by atoms with van der Waals surface area (Å²) in [6.07, 6.45) is 6.10. The van der Waals surface area contributed by atoms with E-state index in [9.17, 15) is 0 Å². The number of nitrogens with one attached hydrogen (secondary N) is 2. The third-order valence-corrected chi connectivity index (χ3v) is 6.75. The van der Waals surface area contributed by atoms with Gasteiger partial charge in [0.1, 0.15) is 5.82 Å². The number of hydrogen-bond donors (Lipinski definition) is 2. The molecular weight excluding hydrogens is 484 g/mol. The lowest BCUT2D eigenvalue weighted by molar-refractivity contribution is 0.727. The molecule has 0 radical (unpaired) electrons. The number of nitrogens with zero attached hydrogens (tertiary/aromatic N) is 2. The predicted molar refractivity (Wildman–Crippen MR) is 149 cm³/mol. The van der Waals surface area contributed by atoms with Crippen LogP contribution in [0.15, 0.2) is 72.4 Å². The van der Waals surface area contributed by atoms with Crippen molar-refractivity contribution in [3.63, 3.8) is 0 Å². The largest absolute Gasteiger partial charge is 0.383 e. The first-order valence-electron chi connectivity index (χ1n) is 11.8. The lowest BCUT2D eigenvalue weighted by Gasteiger charge is -2.16. The van der Waals surface area contributed by atoms with E-state index in [4.69, 9.17) is 0 Å². The molecule has 4 nitrogen and oxygen atoms in total. The maximum atomic E-state index is 4.54. The van der Waals surface area contributed by atoms with Crippen LogP contribution in [0, 0.1) is 20.8 Å². The van der Waals surface area contributed by atoms with Crippen LogP contribution in [0.25, 0.3) is 17.1 Å². The zero-order valence-corrected chi connectivity index (χ0v) is 22.3. The lowest BCUT2D eigenvalue weighted by Crippen LogP contribution is -2.28. The van der Waals surface area contributed by atoms with Crippen LogP contribution in [0.4, 0.5) is 0 Å². The van der Waals surface area contributed by atoms with Crippen LogP contribution in [0.5, 0.6) is 0 Å². The van der Waals surface area contributed by atoms with Gasteiger partial charge in [-0.05, 0) is 88.7 Å². The van der Waals surface area contributed by atoms with Crippen molar-refractivity contribution >= 4 is 33.0 Å². The average molecular weight is 520 g/mol. The highest BCUT2D eigenvalue weighted by molar-refractivity contribution is 9.10. The molecule has 0 spiro atoms. The van der Waals surface area contributed by atoms with Gasteiger partial charge in [0.05, 0.1) is 16.4 Å². The summed E-state index contributed by atoms with van der Waals surface area (Å²) in [6, 6.07) is 14.9. The number of hydrogen-bond acceptors (Lipinski definition) is 3. The van der Waals surface area contributed by atoms with Crippen LogP contribution in [0.1, 0.15) is 46.9 Å². The minimum absolute atomic E-state index is 0.705. The minimum Gasteiger partial charge on any atom is -0.383 e. The first kappa shape index (κ1) is 25.6. The molecule has 0 saturated carbocycles. The molecule has 34 heavy (non-hydrogen) atoms. The summed E-state index contributed by atoms with van der Waals surface area (Å²) in [5.74, 6) is 0.879. The summed E-state index contributed by atoms with van der Waals surface area (Å²) in [5, 5.41) is 11.5. The Morgan fingerprint density at radius 3 is 2.44 bits per heavy atom. The molecule has 3 rings (SSSR count). The molecule has 3 aromatic rings. The Bertz CT molecular complexity index is 1200. The number of rotatable bonds is 11. The van der Waals surface area contributed by atoms with Crippen LogP contribution in [-0.4, -0.2) is 22.9 Å². The maximum absolute atomic E-state index is 4.54. The minimum atomic E-state index is 0.705. The third kappa shape index (κ3) is 6.29. The Kier molecular flexibility index (Phi) is 8.94. The smallest absolute Gasteiger partial charge is 0.128 e. The second-order valence-corrected chi connectivity index (χ2v) is 9.44. The summed E-state index contributed by atoms with van der Waals surface area (Å²) in [6.45, 7) is 18.5. The molecule has 0 amide bonds. The molecule has 2 N–H and O–H groups in total. The van der Waals surface area contributed by atoms with Crippen molar-refractivity contribution in [3.05, 3.63) is 106 Å². The van der Waals surface area contributed by atoms with E-state index in [1.165, 1.54) is 16.7 Å².